The minimum atomic E-state index is -0.677. The quantitative estimate of drug-likeness (QED) is 0.505. The van der Waals surface area contributed by atoms with Crippen LogP contribution < -0.4 is 10.1 Å². The Labute approximate surface area is 165 Å². The van der Waals surface area contributed by atoms with Crippen LogP contribution in [0.4, 0.5) is 5.69 Å². The molecule has 0 saturated carbocycles. The molecule has 1 amide bonds. The van der Waals surface area contributed by atoms with Gasteiger partial charge < -0.3 is 14.8 Å². The van der Waals surface area contributed by atoms with Gasteiger partial charge in [-0.3, -0.25) is 4.79 Å². The summed E-state index contributed by atoms with van der Waals surface area (Å²) in [7, 11) is 1.47. The third kappa shape index (κ3) is 4.48. The van der Waals surface area contributed by atoms with E-state index in [2.05, 4.69) is 10.3 Å². The van der Waals surface area contributed by atoms with Crippen molar-refractivity contribution in [2.75, 3.05) is 19.0 Å². The number of nitrogens with zero attached hydrogens (tertiary/aromatic N) is 1. The molecule has 0 aliphatic carbocycles. The van der Waals surface area contributed by atoms with Crippen LogP contribution in [0.5, 0.6) is 5.75 Å². The fraction of sp³-hybridized carbons (Fsp3) is 0.105. The third-order valence-corrected chi connectivity index (χ3v) is 4.10. The maximum atomic E-state index is 12.4. The fourth-order valence-corrected chi connectivity index (χ4v) is 2.86. The molecular weight excluding hydrogens is 391 g/mol. The second kappa shape index (κ2) is 8.24. The van der Waals surface area contributed by atoms with E-state index in [4.69, 9.17) is 32.7 Å². The van der Waals surface area contributed by atoms with Crippen LogP contribution in [0, 0.1) is 0 Å². The van der Waals surface area contributed by atoms with Crippen molar-refractivity contribution in [3.05, 3.63) is 64.3 Å². The second-order valence-electron chi connectivity index (χ2n) is 5.48. The van der Waals surface area contributed by atoms with Crippen LogP contribution >= 0.6 is 23.2 Å². The van der Waals surface area contributed by atoms with Gasteiger partial charge in [0.05, 0.1) is 23.9 Å². The molecule has 8 heteroatoms. The van der Waals surface area contributed by atoms with E-state index < -0.39 is 18.5 Å². The summed E-state index contributed by atoms with van der Waals surface area (Å²) in [6.07, 6.45) is 0. The number of aromatic nitrogens is 1. The van der Waals surface area contributed by atoms with Gasteiger partial charge in [0.2, 0.25) is 0 Å². The summed E-state index contributed by atoms with van der Waals surface area (Å²) in [4.78, 5) is 28.7. The van der Waals surface area contributed by atoms with Crippen LogP contribution in [-0.4, -0.2) is 30.6 Å². The van der Waals surface area contributed by atoms with E-state index in [1.54, 1.807) is 36.4 Å². The van der Waals surface area contributed by atoms with Gasteiger partial charge in [-0.15, -0.1) is 0 Å². The lowest BCUT2D eigenvalue weighted by Crippen LogP contribution is -2.21. The van der Waals surface area contributed by atoms with Crippen LogP contribution in [0.1, 0.15) is 10.4 Å². The zero-order chi connectivity index (χ0) is 19.4. The van der Waals surface area contributed by atoms with Gasteiger partial charge in [-0.05, 0) is 30.3 Å². The number of benzene rings is 2. The molecule has 0 atom stereocenters. The number of ether oxygens (including phenoxy) is 2. The maximum absolute atomic E-state index is 12.4. The average Bonchev–Trinajstić information content (AvgIpc) is 2.65. The van der Waals surface area contributed by atoms with Crippen LogP contribution in [0.2, 0.25) is 10.2 Å². The Balaban J connectivity index is 1.71. The van der Waals surface area contributed by atoms with Crippen molar-refractivity contribution in [3.8, 4) is 5.75 Å². The van der Waals surface area contributed by atoms with Gasteiger partial charge in [-0.25, -0.2) is 9.78 Å². The molecule has 1 heterocycles. The fourth-order valence-electron chi connectivity index (χ4n) is 2.48. The zero-order valence-corrected chi connectivity index (χ0v) is 15.7. The van der Waals surface area contributed by atoms with E-state index in [9.17, 15) is 9.59 Å². The summed E-state index contributed by atoms with van der Waals surface area (Å²) in [6, 6.07) is 13.2. The number of pyridine rings is 1. The van der Waals surface area contributed by atoms with Crippen LogP contribution in [-0.2, 0) is 9.53 Å². The standard InChI is InChI=1S/C19H14Cl2N2O4/c1-26-16-7-6-11(20)8-15(16)23-18(24)10-27-19(25)13-9-17(21)22-14-5-3-2-4-12(13)14/h2-9H,10H2,1H3,(H,23,24). The van der Waals surface area contributed by atoms with E-state index in [1.165, 1.54) is 19.2 Å². The van der Waals surface area contributed by atoms with Gasteiger partial charge in [0.1, 0.15) is 10.9 Å². The highest BCUT2D eigenvalue weighted by Crippen LogP contribution is 2.27. The molecule has 6 nitrogen and oxygen atoms in total. The normalized spacial score (nSPS) is 10.5. The molecular formula is C19H14Cl2N2O4. The Morgan fingerprint density at radius 1 is 1.11 bits per heavy atom. The van der Waals surface area contributed by atoms with Crippen LogP contribution in [0.15, 0.2) is 48.5 Å². The maximum Gasteiger partial charge on any atom is 0.339 e. The molecule has 0 unspecified atom stereocenters. The highest BCUT2D eigenvalue weighted by Gasteiger charge is 2.16. The molecule has 0 fully saturated rings. The molecule has 1 N–H and O–H groups in total. The molecule has 27 heavy (non-hydrogen) atoms. The third-order valence-electron chi connectivity index (χ3n) is 3.67. The zero-order valence-electron chi connectivity index (χ0n) is 14.2. The number of carbonyl (C=O) groups excluding carboxylic acids is 2. The number of anilines is 1. The van der Waals surface area contributed by atoms with Crippen molar-refractivity contribution in [1.82, 2.24) is 4.98 Å². The van der Waals surface area contributed by atoms with Gasteiger partial charge in [0.25, 0.3) is 5.91 Å². The lowest BCUT2D eigenvalue weighted by molar-refractivity contribution is -0.119. The average molecular weight is 405 g/mol. The number of para-hydroxylation sites is 1. The van der Waals surface area contributed by atoms with Crippen molar-refractivity contribution in [2.45, 2.75) is 0 Å². The van der Waals surface area contributed by atoms with Gasteiger partial charge in [0.15, 0.2) is 6.61 Å². The molecule has 2 aromatic carbocycles. The highest BCUT2D eigenvalue weighted by atomic mass is 35.5. The number of hydrogen-bond donors (Lipinski definition) is 1. The Bertz CT molecular complexity index is 1020. The van der Waals surface area contributed by atoms with Gasteiger partial charge in [-0.2, -0.15) is 0 Å². The van der Waals surface area contributed by atoms with Crippen LogP contribution in [0.25, 0.3) is 10.9 Å². The first-order valence-electron chi connectivity index (χ1n) is 7.83. The molecule has 0 aliphatic rings. The van der Waals surface area contributed by atoms with Crippen molar-refractivity contribution in [3.63, 3.8) is 0 Å². The summed E-state index contributed by atoms with van der Waals surface area (Å²) < 4.78 is 10.3. The van der Waals surface area contributed by atoms with Gasteiger partial charge in [-0.1, -0.05) is 41.4 Å². The first kappa shape index (κ1) is 18.9. The van der Waals surface area contributed by atoms with E-state index >= 15 is 0 Å². The van der Waals surface area contributed by atoms with E-state index in [1.807, 2.05) is 0 Å². The number of nitrogens with one attached hydrogen (secondary N) is 1. The first-order valence-corrected chi connectivity index (χ1v) is 8.59. The molecule has 0 spiro atoms. The topological polar surface area (TPSA) is 77.5 Å². The Morgan fingerprint density at radius 2 is 1.89 bits per heavy atom. The van der Waals surface area contributed by atoms with Crippen molar-refractivity contribution in [1.29, 1.82) is 0 Å². The van der Waals surface area contributed by atoms with E-state index in [-0.39, 0.29) is 10.7 Å². The number of esters is 1. The number of fused-ring (bicyclic) bond motifs is 1. The van der Waals surface area contributed by atoms with E-state index in [0.29, 0.717) is 27.4 Å². The summed E-state index contributed by atoms with van der Waals surface area (Å²) >= 11 is 11.9. The molecule has 3 rings (SSSR count). The van der Waals surface area contributed by atoms with Gasteiger partial charge >= 0.3 is 5.97 Å². The predicted molar refractivity (Wildman–Crippen MR) is 104 cm³/mol. The summed E-state index contributed by atoms with van der Waals surface area (Å²) in [5, 5.41) is 3.77. The number of halogens is 2. The minimum Gasteiger partial charge on any atom is -0.495 e. The minimum absolute atomic E-state index is 0.161. The Morgan fingerprint density at radius 3 is 2.67 bits per heavy atom. The Kier molecular flexibility index (Phi) is 5.78. The number of methoxy groups -OCH3 is 1. The van der Waals surface area contributed by atoms with E-state index in [0.717, 1.165) is 0 Å². The lowest BCUT2D eigenvalue weighted by Gasteiger charge is -2.11. The summed E-state index contributed by atoms with van der Waals surface area (Å²) in [6.45, 7) is -0.483. The number of rotatable bonds is 5. The molecule has 138 valence electrons. The number of hydrogen-bond acceptors (Lipinski definition) is 5. The predicted octanol–water partition coefficient (Wildman–Crippen LogP) is 4.35. The summed E-state index contributed by atoms with van der Waals surface area (Å²) in [5.74, 6) is -0.775. The summed E-state index contributed by atoms with van der Waals surface area (Å²) in [5.41, 5.74) is 1.17. The monoisotopic (exact) mass is 404 g/mol. The smallest absolute Gasteiger partial charge is 0.339 e. The number of amides is 1. The lowest BCUT2D eigenvalue weighted by atomic mass is 10.1. The SMILES string of the molecule is COc1ccc(Cl)cc1NC(=O)COC(=O)c1cc(Cl)nc2ccccc12. The largest absolute Gasteiger partial charge is 0.495 e. The van der Waals surface area contributed by atoms with Crippen molar-refractivity contribution < 1.29 is 19.1 Å². The molecule has 0 bridgehead atoms. The molecule has 0 aliphatic heterocycles. The first-order chi connectivity index (χ1) is 13.0. The van der Waals surface area contributed by atoms with Crippen LogP contribution in [0.3, 0.4) is 0 Å². The highest BCUT2D eigenvalue weighted by molar-refractivity contribution is 6.31. The number of carbonyl (C=O) groups is 2. The molecule has 1 aromatic heterocycles. The van der Waals surface area contributed by atoms with Crippen molar-refractivity contribution in [2.24, 2.45) is 0 Å². The second-order valence-corrected chi connectivity index (χ2v) is 6.30. The molecule has 3 aromatic rings. The molecule has 0 saturated heterocycles. The van der Waals surface area contributed by atoms with Gasteiger partial charge in [0, 0.05) is 10.4 Å². The molecule has 0 radical (unpaired) electrons. The van der Waals surface area contributed by atoms with Crippen molar-refractivity contribution >= 4 is 51.7 Å². The Hall–Kier alpha value is -2.83.